The van der Waals surface area contributed by atoms with E-state index in [9.17, 15) is 9.90 Å². The number of nitrogens with one attached hydrogen (secondary N) is 1. The van der Waals surface area contributed by atoms with Crippen molar-refractivity contribution in [1.29, 1.82) is 5.41 Å². The molecule has 1 aliphatic rings. The lowest BCUT2D eigenvalue weighted by Crippen LogP contribution is -2.38. The third kappa shape index (κ3) is 8.00. The summed E-state index contributed by atoms with van der Waals surface area (Å²) in [5.41, 5.74) is 2.74. The fourth-order valence-corrected chi connectivity index (χ4v) is 5.49. The first-order chi connectivity index (χ1) is 17.6. The third-order valence-electron chi connectivity index (χ3n) is 7.43. The lowest BCUT2D eigenvalue weighted by molar-refractivity contribution is 0.0950. The summed E-state index contributed by atoms with van der Waals surface area (Å²) in [6.07, 6.45) is 3.72. The molecule has 2 atom stereocenters. The van der Waals surface area contributed by atoms with E-state index in [0.717, 1.165) is 48.1 Å². The van der Waals surface area contributed by atoms with E-state index in [1.807, 2.05) is 43.0 Å². The van der Waals surface area contributed by atoms with Crippen molar-refractivity contribution in [2.75, 3.05) is 6.54 Å². The van der Waals surface area contributed by atoms with Crippen LogP contribution in [0.15, 0.2) is 36.4 Å². The van der Waals surface area contributed by atoms with Crippen LogP contribution in [-0.2, 0) is 17.3 Å². The number of rotatable bonds is 9. The maximum absolute atomic E-state index is 13.7. The number of ketones is 1. The number of halogens is 1. The summed E-state index contributed by atoms with van der Waals surface area (Å²) >= 11 is 0. The Hall–Kier alpha value is -2.53. The van der Waals surface area contributed by atoms with Gasteiger partial charge in [-0.3, -0.25) is 10.2 Å². The normalized spacial score (nSPS) is 17.9. The Morgan fingerprint density at radius 1 is 1.08 bits per heavy atom. The molecule has 6 heteroatoms. The van der Waals surface area contributed by atoms with Crippen LogP contribution in [0.4, 0.5) is 0 Å². The van der Waals surface area contributed by atoms with E-state index in [4.69, 9.17) is 10.1 Å². The zero-order chi connectivity index (χ0) is 28.4. The average Bonchev–Trinajstić information content (AvgIpc) is 3.06. The molecule has 1 fully saturated rings. The number of phenols is 1. The molecule has 0 saturated carbocycles. The first-order valence-electron chi connectivity index (χ1n) is 14.1. The van der Waals surface area contributed by atoms with Crippen LogP contribution >= 0.6 is 12.4 Å². The number of hydrogen-bond acceptors (Lipinski definition) is 4. The minimum absolute atomic E-state index is 0. The van der Waals surface area contributed by atoms with Gasteiger partial charge in [0.05, 0.1) is 18.5 Å². The molecule has 1 aliphatic heterocycles. The highest BCUT2D eigenvalue weighted by Crippen LogP contribution is 2.40. The molecule has 0 radical (unpaired) electrons. The van der Waals surface area contributed by atoms with E-state index < -0.39 is 0 Å². The van der Waals surface area contributed by atoms with Crippen molar-refractivity contribution in [1.82, 2.24) is 4.90 Å². The van der Waals surface area contributed by atoms with Crippen molar-refractivity contribution in [3.05, 3.63) is 58.7 Å². The summed E-state index contributed by atoms with van der Waals surface area (Å²) in [5.74, 6) is 1.76. The van der Waals surface area contributed by atoms with Crippen LogP contribution < -0.4 is 4.74 Å². The zero-order valence-corrected chi connectivity index (χ0v) is 26.2. The van der Waals surface area contributed by atoms with Gasteiger partial charge in [-0.1, -0.05) is 67.0 Å². The van der Waals surface area contributed by atoms with Crippen molar-refractivity contribution in [2.45, 2.75) is 111 Å². The number of benzene rings is 2. The minimum Gasteiger partial charge on any atom is -0.507 e. The van der Waals surface area contributed by atoms with E-state index in [0.29, 0.717) is 11.4 Å². The molecule has 0 aliphatic carbocycles. The molecule has 3 rings (SSSR count). The summed E-state index contributed by atoms with van der Waals surface area (Å²) in [4.78, 5) is 15.8. The molecule has 2 aromatic carbocycles. The lowest BCUT2D eigenvalue weighted by Gasteiger charge is -2.29. The van der Waals surface area contributed by atoms with Crippen molar-refractivity contribution in [3.8, 4) is 11.5 Å². The van der Waals surface area contributed by atoms with Gasteiger partial charge in [0, 0.05) is 28.7 Å². The Balaban J connectivity index is 0.00000533. The summed E-state index contributed by atoms with van der Waals surface area (Å²) in [6, 6.07) is 12.1. The maximum Gasteiger partial charge on any atom is 0.182 e. The SMILES string of the molecule is CCC[C@H]1C[C@H](Cc2cccc(OC(C)C)c2)C(=N)N1CC(=O)c1cc(C(C)(C)C)c(O)c(C(C)(C)C)c1.Cl. The Morgan fingerprint density at radius 2 is 1.67 bits per heavy atom. The number of likely N-dealkylation sites (tertiary alicyclic amines) is 1. The van der Waals surface area contributed by atoms with Gasteiger partial charge in [-0.25, -0.2) is 0 Å². The van der Waals surface area contributed by atoms with Crippen molar-refractivity contribution >= 4 is 24.0 Å². The lowest BCUT2D eigenvalue weighted by atomic mass is 9.78. The monoisotopic (exact) mass is 556 g/mol. The quantitative estimate of drug-likeness (QED) is 0.306. The fraction of sp³-hybridized carbons (Fsp3) is 0.576. The van der Waals surface area contributed by atoms with E-state index >= 15 is 0 Å². The predicted octanol–water partition coefficient (Wildman–Crippen LogP) is 8.09. The summed E-state index contributed by atoms with van der Waals surface area (Å²) in [6.45, 7) is 18.7. The molecule has 0 amide bonds. The number of nitrogens with zero attached hydrogens (tertiary/aromatic N) is 1. The molecule has 1 heterocycles. The number of hydrogen-bond donors (Lipinski definition) is 2. The Bertz CT molecular complexity index is 1130. The Kier molecular flexibility index (Phi) is 10.7. The molecular formula is C33H49ClN2O3. The molecule has 216 valence electrons. The Morgan fingerprint density at radius 3 is 2.18 bits per heavy atom. The third-order valence-corrected chi connectivity index (χ3v) is 7.43. The van der Waals surface area contributed by atoms with Crippen LogP contribution in [0.5, 0.6) is 11.5 Å². The van der Waals surface area contributed by atoms with Crippen molar-refractivity contribution in [2.24, 2.45) is 5.92 Å². The molecule has 2 N–H and O–H groups in total. The molecule has 2 aromatic rings. The van der Waals surface area contributed by atoms with E-state index in [1.165, 1.54) is 0 Å². The van der Waals surface area contributed by atoms with Gasteiger partial charge in [-0.05, 0) is 73.8 Å². The first kappa shape index (κ1) is 32.7. The molecule has 39 heavy (non-hydrogen) atoms. The van der Waals surface area contributed by atoms with Crippen LogP contribution in [0.25, 0.3) is 0 Å². The number of Topliss-reactive ketones (excluding diaryl/α,β-unsaturated/α-hetero) is 1. The number of ether oxygens (including phenoxy) is 1. The van der Waals surface area contributed by atoms with E-state index in [1.54, 1.807) is 0 Å². The molecule has 0 aromatic heterocycles. The largest absolute Gasteiger partial charge is 0.507 e. The molecular weight excluding hydrogens is 508 g/mol. The standard InChI is InChI=1S/C33H48N2O3.ClH/c1-10-12-25-17-24(15-22-13-11-14-26(16-22)38-21(2)3)31(34)35(25)20-29(36)23-18-27(32(4,5)6)30(37)28(19-23)33(7,8)9;/h11,13-14,16,18-19,21,24-25,34,37H,10,12,15,17,20H2,1-9H3;1H/t24-,25-;/m0./s1. The molecule has 0 unspecified atom stereocenters. The second-order valence-electron chi connectivity index (χ2n) is 13.2. The van der Waals surface area contributed by atoms with Gasteiger partial charge >= 0.3 is 0 Å². The number of amidine groups is 1. The van der Waals surface area contributed by atoms with Crippen LogP contribution in [0.1, 0.15) is 109 Å². The number of carbonyl (C=O) groups excluding carboxylic acids is 1. The smallest absolute Gasteiger partial charge is 0.182 e. The van der Waals surface area contributed by atoms with Gasteiger partial charge in [-0.2, -0.15) is 0 Å². The fourth-order valence-electron chi connectivity index (χ4n) is 5.49. The highest BCUT2D eigenvalue weighted by Gasteiger charge is 2.37. The summed E-state index contributed by atoms with van der Waals surface area (Å²) in [5, 5.41) is 20.1. The van der Waals surface area contributed by atoms with Gasteiger partial charge < -0.3 is 14.7 Å². The highest BCUT2D eigenvalue weighted by atomic mass is 35.5. The minimum atomic E-state index is -0.301. The van der Waals surface area contributed by atoms with Gasteiger partial charge in [0.15, 0.2) is 5.78 Å². The van der Waals surface area contributed by atoms with Gasteiger partial charge in [0.2, 0.25) is 0 Å². The number of carbonyl (C=O) groups is 1. The molecule has 5 nitrogen and oxygen atoms in total. The summed E-state index contributed by atoms with van der Waals surface area (Å²) in [7, 11) is 0. The van der Waals surface area contributed by atoms with Gasteiger partial charge in [0.25, 0.3) is 0 Å². The van der Waals surface area contributed by atoms with E-state index in [2.05, 4.69) is 60.6 Å². The zero-order valence-electron chi connectivity index (χ0n) is 25.4. The van der Waals surface area contributed by atoms with Crippen LogP contribution in [0, 0.1) is 11.3 Å². The van der Waals surface area contributed by atoms with Crippen LogP contribution in [0.3, 0.4) is 0 Å². The number of phenolic OH excluding ortho intramolecular Hbond substituents is 1. The predicted molar refractivity (Wildman–Crippen MR) is 164 cm³/mol. The van der Waals surface area contributed by atoms with Gasteiger partial charge in [-0.15, -0.1) is 12.4 Å². The van der Waals surface area contributed by atoms with Crippen LogP contribution in [-0.4, -0.2) is 40.3 Å². The average molecular weight is 557 g/mol. The number of aromatic hydroxyl groups is 1. The second kappa shape index (κ2) is 12.8. The van der Waals surface area contributed by atoms with Crippen LogP contribution in [0.2, 0.25) is 0 Å². The van der Waals surface area contributed by atoms with E-state index in [-0.39, 0.29) is 59.4 Å². The highest BCUT2D eigenvalue weighted by molar-refractivity contribution is 6.01. The molecule has 1 saturated heterocycles. The molecule has 0 spiro atoms. The molecule has 0 bridgehead atoms. The summed E-state index contributed by atoms with van der Waals surface area (Å²) < 4.78 is 5.88. The second-order valence-corrected chi connectivity index (χ2v) is 13.2. The van der Waals surface area contributed by atoms with Gasteiger partial charge in [0.1, 0.15) is 11.5 Å². The van der Waals surface area contributed by atoms with Crippen molar-refractivity contribution in [3.63, 3.8) is 0 Å². The maximum atomic E-state index is 13.7. The van der Waals surface area contributed by atoms with Crippen molar-refractivity contribution < 1.29 is 14.6 Å². The Labute approximate surface area is 242 Å². The topological polar surface area (TPSA) is 73.6 Å². The first-order valence-corrected chi connectivity index (χ1v) is 14.1.